The quantitative estimate of drug-likeness (QED) is 0.601. The van der Waals surface area contributed by atoms with E-state index in [1.807, 2.05) is 31.3 Å². The van der Waals surface area contributed by atoms with Gasteiger partial charge in [0.15, 0.2) is 0 Å². The molecule has 2 heterocycles. The zero-order valence-corrected chi connectivity index (χ0v) is 17.4. The Hall–Kier alpha value is -3.28. The first kappa shape index (κ1) is 20.0. The third-order valence-corrected chi connectivity index (χ3v) is 5.28. The van der Waals surface area contributed by atoms with Crippen LogP contribution in [0.1, 0.15) is 53.0 Å². The fraction of sp³-hybridized carbons (Fsp3) is 0.333. The molecule has 1 aliphatic carbocycles. The maximum atomic E-state index is 12.8. The predicted octanol–water partition coefficient (Wildman–Crippen LogP) is 3.74. The van der Waals surface area contributed by atoms with E-state index in [9.17, 15) is 4.79 Å². The number of hydrogen-bond donors (Lipinski definition) is 2. The Morgan fingerprint density at radius 1 is 1.17 bits per heavy atom. The van der Waals surface area contributed by atoms with Gasteiger partial charge in [-0.2, -0.15) is 0 Å². The number of aromatic nitrogens is 3. The highest BCUT2D eigenvalue weighted by molar-refractivity contribution is 5.79. The summed E-state index contributed by atoms with van der Waals surface area (Å²) < 4.78 is 0. The minimum absolute atomic E-state index is 0.0279. The average molecular weight is 402 g/mol. The van der Waals surface area contributed by atoms with Crippen LogP contribution in [0.5, 0.6) is 0 Å². The summed E-state index contributed by atoms with van der Waals surface area (Å²) in [4.78, 5) is 26.3. The summed E-state index contributed by atoms with van der Waals surface area (Å²) in [5, 5.41) is 6.35. The highest BCUT2D eigenvalue weighted by atomic mass is 16.1. The molecule has 1 aromatic carbocycles. The lowest BCUT2D eigenvalue weighted by atomic mass is 9.99. The second-order valence-corrected chi connectivity index (χ2v) is 7.90. The second kappa shape index (κ2) is 9.03. The molecule has 0 saturated heterocycles. The summed E-state index contributed by atoms with van der Waals surface area (Å²) in [7, 11) is 1.87. The van der Waals surface area contributed by atoms with Crippen LogP contribution in [0.15, 0.2) is 54.9 Å². The highest BCUT2D eigenvalue weighted by Crippen LogP contribution is 2.38. The molecule has 6 nitrogen and oxygen atoms in total. The van der Waals surface area contributed by atoms with Crippen molar-refractivity contribution in [3.05, 3.63) is 83.1 Å². The molecule has 1 atom stereocenters. The molecule has 6 heteroatoms. The Morgan fingerprint density at radius 3 is 2.73 bits per heavy atom. The first-order valence-electron chi connectivity index (χ1n) is 10.4. The van der Waals surface area contributed by atoms with Gasteiger partial charge in [0.1, 0.15) is 11.6 Å². The van der Waals surface area contributed by atoms with Gasteiger partial charge in [0.05, 0.1) is 12.5 Å². The van der Waals surface area contributed by atoms with Crippen LogP contribution in [-0.2, 0) is 17.6 Å². The van der Waals surface area contributed by atoms with Crippen molar-refractivity contribution in [3.8, 4) is 0 Å². The summed E-state index contributed by atoms with van der Waals surface area (Å²) in [5.74, 6) is 2.17. The van der Waals surface area contributed by atoms with Gasteiger partial charge in [-0.1, -0.05) is 35.9 Å². The zero-order chi connectivity index (χ0) is 20.9. The van der Waals surface area contributed by atoms with Crippen LogP contribution >= 0.6 is 0 Å². The smallest absolute Gasteiger partial charge is 0.224 e. The maximum Gasteiger partial charge on any atom is 0.224 e. The minimum atomic E-state index is -0.166. The molecular weight excluding hydrogens is 374 g/mol. The number of pyridine rings is 1. The standard InChI is InChI=1S/C24H27N5O/c1-16-5-3-7-19(11-16)21(28-23(30)12-17-6-4-10-26-15-17)13-20-14-22(25-2)29-24(27-20)18-8-9-18/h3-7,10-11,14-15,18,21H,8-9,12-13H2,1-2H3,(H,28,30)(H,25,27,29)/t21-/m0/s1. The van der Waals surface area contributed by atoms with Gasteiger partial charge < -0.3 is 10.6 Å². The van der Waals surface area contributed by atoms with E-state index in [1.165, 1.54) is 0 Å². The van der Waals surface area contributed by atoms with Crippen molar-refractivity contribution in [3.63, 3.8) is 0 Å². The Balaban J connectivity index is 1.57. The van der Waals surface area contributed by atoms with Crippen molar-refractivity contribution in [1.82, 2.24) is 20.3 Å². The molecule has 1 saturated carbocycles. The number of rotatable bonds is 8. The fourth-order valence-electron chi connectivity index (χ4n) is 3.56. The molecule has 2 N–H and O–H groups in total. The highest BCUT2D eigenvalue weighted by Gasteiger charge is 2.28. The number of nitrogens with one attached hydrogen (secondary N) is 2. The molecule has 1 amide bonds. The Morgan fingerprint density at radius 2 is 2.03 bits per heavy atom. The average Bonchev–Trinajstić information content (AvgIpc) is 3.59. The van der Waals surface area contributed by atoms with Crippen LogP contribution in [0.4, 0.5) is 5.82 Å². The third-order valence-electron chi connectivity index (χ3n) is 5.28. The van der Waals surface area contributed by atoms with Crippen LogP contribution < -0.4 is 10.6 Å². The van der Waals surface area contributed by atoms with E-state index in [0.29, 0.717) is 18.8 Å². The minimum Gasteiger partial charge on any atom is -0.373 e. The molecule has 0 bridgehead atoms. The summed E-state index contributed by atoms with van der Waals surface area (Å²) in [6, 6.07) is 13.8. The molecule has 1 fully saturated rings. The number of hydrogen-bond acceptors (Lipinski definition) is 5. The molecule has 0 radical (unpaired) electrons. The molecule has 0 aliphatic heterocycles. The first-order valence-corrected chi connectivity index (χ1v) is 10.4. The van der Waals surface area contributed by atoms with Gasteiger partial charge in [-0.05, 0) is 37.0 Å². The van der Waals surface area contributed by atoms with E-state index in [-0.39, 0.29) is 11.9 Å². The Bertz CT molecular complexity index is 1020. The topological polar surface area (TPSA) is 79.8 Å². The van der Waals surface area contributed by atoms with Gasteiger partial charge in [-0.25, -0.2) is 9.97 Å². The molecular formula is C24H27N5O. The predicted molar refractivity (Wildman–Crippen MR) is 117 cm³/mol. The molecule has 0 unspecified atom stereocenters. The van der Waals surface area contributed by atoms with Gasteiger partial charge >= 0.3 is 0 Å². The fourth-order valence-corrected chi connectivity index (χ4v) is 3.56. The lowest BCUT2D eigenvalue weighted by Crippen LogP contribution is -2.31. The van der Waals surface area contributed by atoms with Crippen molar-refractivity contribution >= 4 is 11.7 Å². The van der Waals surface area contributed by atoms with Gasteiger partial charge in [-0.15, -0.1) is 0 Å². The van der Waals surface area contributed by atoms with Crippen LogP contribution in [0.3, 0.4) is 0 Å². The third kappa shape index (κ3) is 5.20. The second-order valence-electron chi connectivity index (χ2n) is 7.90. The summed E-state index contributed by atoms with van der Waals surface area (Å²) >= 11 is 0. The summed E-state index contributed by atoms with van der Waals surface area (Å²) in [6.07, 6.45) is 6.65. The van der Waals surface area contributed by atoms with E-state index in [0.717, 1.165) is 46.9 Å². The molecule has 1 aliphatic rings. The number of carbonyl (C=O) groups excluding carboxylic acids is 1. The molecule has 0 spiro atoms. The van der Waals surface area contributed by atoms with Crippen molar-refractivity contribution in [1.29, 1.82) is 0 Å². The molecule has 4 rings (SSSR count). The van der Waals surface area contributed by atoms with Crippen LogP contribution in [0.2, 0.25) is 0 Å². The van der Waals surface area contributed by atoms with Crippen LogP contribution in [0.25, 0.3) is 0 Å². The van der Waals surface area contributed by atoms with Crippen molar-refractivity contribution in [2.45, 2.75) is 44.6 Å². The lowest BCUT2D eigenvalue weighted by Gasteiger charge is -2.20. The lowest BCUT2D eigenvalue weighted by molar-refractivity contribution is -0.121. The normalized spacial score (nSPS) is 14.2. The number of aryl methyl sites for hydroxylation is 1. The van der Waals surface area contributed by atoms with E-state index < -0.39 is 0 Å². The van der Waals surface area contributed by atoms with Crippen molar-refractivity contribution in [2.75, 3.05) is 12.4 Å². The monoisotopic (exact) mass is 401 g/mol. The van der Waals surface area contributed by atoms with Crippen molar-refractivity contribution in [2.24, 2.45) is 0 Å². The number of amides is 1. The number of carbonyl (C=O) groups is 1. The largest absolute Gasteiger partial charge is 0.373 e. The maximum absolute atomic E-state index is 12.8. The van der Waals surface area contributed by atoms with Crippen LogP contribution in [-0.4, -0.2) is 27.9 Å². The van der Waals surface area contributed by atoms with E-state index in [1.54, 1.807) is 12.4 Å². The van der Waals surface area contributed by atoms with Gasteiger partial charge in [0.2, 0.25) is 5.91 Å². The molecule has 30 heavy (non-hydrogen) atoms. The van der Waals surface area contributed by atoms with E-state index >= 15 is 0 Å². The summed E-state index contributed by atoms with van der Waals surface area (Å²) in [5.41, 5.74) is 4.07. The SMILES string of the molecule is CNc1cc(C[C@H](NC(=O)Cc2cccnc2)c2cccc(C)c2)nc(C2CC2)n1. The first-order chi connectivity index (χ1) is 14.6. The Kier molecular flexibility index (Phi) is 6.02. The van der Waals surface area contributed by atoms with Crippen LogP contribution in [0, 0.1) is 6.92 Å². The van der Waals surface area contributed by atoms with Gasteiger partial charge in [0.25, 0.3) is 0 Å². The zero-order valence-electron chi connectivity index (χ0n) is 17.4. The van der Waals surface area contributed by atoms with Crippen molar-refractivity contribution < 1.29 is 4.79 Å². The summed E-state index contributed by atoms with van der Waals surface area (Å²) in [6.45, 7) is 2.06. The number of nitrogens with zero attached hydrogens (tertiary/aromatic N) is 3. The molecule has 3 aromatic rings. The number of anilines is 1. The van der Waals surface area contributed by atoms with E-state index in [2.05, 4.69) is 45.7 Å². The van der Waals surface area contributed by atoms with Gasteiger partial charge in [0, 0.05) is 43.5 Å². The number of benzene rings is 1. The van der Waals surface area contributed by atoms with E-state index in [4.69, 9.17) is 4.98 Å². The molecule has 154 valence electrons. The van der Waals surface area contributed by atoms with Gasteiger partial charge in [-0.3, -0.25) is 9.78 Å². The Labute approximate surface area is 177 Å². The molecule has 2 aromatic heterocycles.